The zero-order valence-corrected chi connectivity index (χ0v) is 25.4. The molecule has 0 bridgehead atoms. The van der Waals surface area contributed by atoms with Gasteiger partial charge in [-0.25, -0.2) is 9.18 Å². The Balaban J connectivity index is 1.32. The van der Waals surface area contributed by atoms with Crippen LogP contribution in [0.15, 0.2) is 48.5 Å². The lowest BCUT2D eigenvalue weighted by atomic mass is 9.84. The zero-order valence-electron chi connectivity index (χ0n) is 25.4. The highest BCUT2D eigenvalue weighted by Gasteiger charge is 2.36. The van der Waals surface area contributed by atoms with Gasteiger partial charge in [-0.2, -0.15) is 0 Å². The third kappa shape index (κ3) is 9.16. The topological polar surface area (TPSA) is 77.5 Å². The Hall–Kier alpha value is -3.17. The number of morpholine rings is 1. The molecule has 0 spiro atoms. The smallest absolute Gasteiger partial charge is 0.410 e. The van der Waals surface area contributed by atoms with Gasteiger partial charge in [-0.1, -0.05) is 30.3 Å². The van der Waals surface area contributed by atoms with Crippen molar-refractivity contribution >= 4 is 12.0 Å². The largest absolute Gasteiger partial charge is 0.494 e. The average molecular weight is 585 g/mol. The van der Waals surface area contributed by atoms with Crippen molar-refractivity contribution in [2.75, 3.05) is 32.9 Å². The van der Waals surface area contributed by atoms with Gasteiger partial charge in [0.15, 0.2) is 0 Å². The minimum atomic E-state index is -0.610. The van der Waals surface area contributed by atoms with E-state index in [4.69, 9.17) is 18.9 Å². The lowest BCUT2D eigenvalue weighted by Crippen LogP contribution is -2.50. The molecule has 0 aromatic heterocycles. The first-order valence-corrected chi connectivity index (χ1v) is 15.1. The average Bonchev–Trinajstić information content (AvgIpc) is 2.96. The van der Waals surface area contributed by atoms with E-state index >= 15 is 0 Å². The van der Waals surface area contributed by atoms with Crippen molar-refractivity contribution in [3.63, 3.8) is 0 Å². The predicted molar refractivity (Wildman–Crippen MR) is 158 cm³/mol. The van der Waals surface area contributed by atoms with Crippen molar-refractivity contribution in [1.29, 1.82) is 0 Å². The maximum Gasteiger partial charge on any atom is 0.410 e. The van der Waals surface area contributed by atoms with Crippen molar-refractivity contribution in [3.8, 4) is 5.75 Å². The highest BCUT2D eigenvalue weighted by atomic mass is 19.1. The monoisotopic (exact) mass is 584 g/mol. The molecule has 2 amide bonds. The van der Waals surface area contributed by atoms with E-state index in [1.807, 2.05) is 61.8 Å². The second-order valence-corrected chi connectivity index (χ2v) is 12.1. The van der Waals surface area contributed by atoms with Gasteiger partial charge in [-0.15, -0.1) is 0 Å². The first-order chi connectivity index (χ1) is 20.1. The van der Waals surface area contributed by atoms with E-state index in [9.17, 15) is 14.0 Å². The third-order valence-corrected chi connectivity index (χ3v) is 7.65. The van der Waals surface area contributed by atoms with E-state index in [-0.39, 0.29) is 42.5 Å². The van der Waals surface area contributed by atoms with Crippen molar-refractivity contribution in [2.45, 2.75) is 84.3 Å². The van der Waals surface area contributed by atoms with Gasteiger partial charge in [0.05, 0.1) is 32.5 Å². The minimum Gasteiger partial charge on any atom is -0.494 e. The van der Waals surface area contributed by atoms with E-state index in [1.165, 1.54) is 6.07 Å². The Labute approximate surface area is 249 Å². The number of benzene rings is 2. The van der Waals surface area contributed by atoms with Gasteiger partial charge in [0.25, 0.3) is 0 Å². The standard InChI is InChI=1S/C33H45FN2O6/c1-5-40-28-11-8-9-24(19-28)20-36(32(38)42-33(2,3)4)27-15-13-25(14-16-27)31(37)35-17-18-41-29(21-35)23-39-22-26-10-6-7-12-30(26)34/h6-12,19,25,27,29H,5,13-18,20-23H2,1-4H3. The van der Waals surface area contributed by atoms with Crippen molar-refractivity contribution < 1.29 is 32.9 Å². The van der Waals surface area contributed by atoms with Crippen LogP contribution in [0.25, 0.3) is 0 Å². The summed E-state index contributed by atoms with van der Waals surface area (Å²) in [6.07, 6.45) is 2.26. The molecule has 1 saturated carbocycles. The van der Waals surface area contributed by atoms with E-state index in [0.29, 0.717) is 57.9 Å². The van der Waals surface area contributed by atoms with Crippen LogP contribution in [0.2, 0.25) is 0 Å². The van der Waals surface area contributed by atoms with E-state index in [0.717, 1.165) is 24.2 Å². The summed E-state index contributed by atoms with van der Waals surface area (Å²) in [7, 11) is 0. The van der Waals surface area contributed by atoms with Gasteiger partial charge >= 0.3 is 6.09 Å². The van der Waals surface area contributed by atoms with Gasteiger partial charge in [0.2, 0.25) is 5.91 Å². The fourth-order valence-electron chi connectivity index (χ4n) is 5.59. The molecule has 2 aliphatic rings. The van der Waals surface area contributed by atoms with Gasteiger partial charge in [0, 0.05) is 37.2 Å². The summed E-state index contributed by atoms with van der Waals surface area (Å²) in [5.74, 6) is 0.513. The summed E-state index contributed by atoms with van der Waals surface area (Å²) < 4.78 is 36.9. The molecule has 0 N–H and O–H groups in total. The number of hydrogen-bond donors (Lipinski definition) is 0. The molecule has 42 heavy (non-hydrogen) atoms. The molecule has 2 aromatic rings. The zero-order chi connectivity index (χ0) is 30.1. The Bertz CT molecular complexity index is 1180. The summed E-state index contributed by atoms with van der Waals surface area (Å²) in [4.78, 5) is 30.5. The molecular formula is C33H45FN2O6. The highest BCUT2D eigenvalue weighted by molar-refractivity contribution is 5.79. The molecule has 0 radical (unpaired) electrons. The molecule has 1 saturated heterocycles. The maximum atomic E-state index is 13.9. The lowest BCUT2D eigenvalue weighted by molar-refractivity contribution is -0.147. The van der Waals surface area contributed by atoms with E-state index < -0.39 is 5.60 Å². The van der Waals surface area contributed by atoms with Crippen LogP contribution in [-0.4, -0.2) is 72.5 Å². The van der Waals surface area contributed by atoms with Gasteiger partial charge in [-0.3, -0.25) is 4.79 Å². The maximum absolute atomic E-state index is 13.9. The first-order valence-electron chi connectivity index (χ1n) is 15.1. The van der Waals surface area contributed by atoms with Crippen LogP contribution in [0.5, 0.6) is 5.75 Å². The second kappa shape index (κ2) is 14.8. The fourth-order valence-corrected chi connectivity index (χ4v) is 5.59. The number of halogens is 1. The summed E-state index contributed by atoms with van der Waals surface area (Å²) in [5, 5.41) is 0. The SMILES string of the molecule is CCOc1cccc(CN(C(=O)OC(C)(C)C)C2CCC(C(=O)N3CCOC(COCc4ccccc4F)C3)CC2)c1. The van der Waals surface area contributed by atoms with E-state index in [2.05, 4.69) is 0 Å². The molecule has 4 rings (SSSR count). The Morgan fingerprint density at radius 1 is 1.07 bits per heavy atom. The Kier molecular flexibility index (Phi) is 11.2. The number of hydrogen-bond acceptors (Lipinski definition) is 6. The minimum absolute atomic E-state index is 0.0242. The van der Waals surface area contributed by atoms with Gasteiger partial charge < -0.3 is 28.7 Å². The molecule has 1 aliphatic heterocycles. The van der Waals surface area contributed by atoms with Crippen LogP contribution >= 0.6 is 0 Å². The van der Waals surface area contributed by atoms with Crippen molar-refractivity contribution in [2.24, 2.45) is 5.92 Å². The molecule has 1 aliphatic carbocycles. The molecule has 2 aromatic carbocycles. The van der Waals surface area contributed by atoms with Crippen molar-refractivity contribution in [1.82, 2.24) is 9.80 Å². The molecule has 2 fully saturated rings. The van der Waals surface area contributed by atoms with Crippen LogP contribution in [0.4, 0.5) is 9.18 Å². The van der Waals surface area contributed by atoms with Crippen LogP contribution in [-0.2, 0) is 32.2 Å². The van der Waals surface area contributed by atoms with Crippen LogP contribution in [0, 0.1) is 11.7 Å². The number of ether oxygens (including phenoxy) is 4. The fraction of sp³-hybridized carbons (Fsp3) is 0.576. The number of amides is 2. The molecule has 8 nitrogen and oxygen atoms in total. The molecule has 1 heterocycles. The molecule has 9 heteroatoms. The second-order valence-electron chi connectivity index (χ2n) is 12.1. The summed E-state index contributed by atoms with van der Waals surface area (Å²) >= 11 is 0. The van der Waals surface area contributed by atoms with Crippen LogP contribution < -0.4 is 4.74 Å². The van der Waals surface area contributed by atoms with Crippen LogP contribution in [0.1, 0.15) is 64.5 Å². The lowest BCUT2D eigenvalue weighted by Gasteiger charge is -2.39. The van der Waals surface area contributed by atoms with Crippen LogP contribution in [0.3, 0.4) is 0 Å². The normalized spacial score (nSPS) is 21.1. The van der Waals surface area contributed by atoms with Gasteiger partial charge in [0.1, 0.15) is 17.2 Å². The third-order valence-electron chi connectivity index (χ3n) is 7.65. The van der Waals surface area contributed by atoms with Gasteiger partial charge in [-0.05, 0) is 77.1 Å². The first kappa shape index (κ1) is 31.8. The predicted octanol–water partition coefficient (Wildman–Crippen LogP) is 5.96. The number of carbonyl (C=O) groups is 2. The molecular weight excluding hydrogens is 539 g/mol. The molecule has 1 atom stereocenters. The molecule has 230 valence electrons. The Morgan fingerprint density at radius 3 is 2.55 bits per heavy atom. The number of carbonyl (C=O) groups excluding carboxylic acids is 2. The summed E-state index contributed by atoms with van der Waals surface area (Å²) in [6.45, 7) is 10.4. The number of rotatable bonds is 10. The Morgan fingerprint density at radius 2 is 1.83 bits per heavy atom. The highest BCUT2D eigenvalue weighted by Crippen LogP contribution is 2.32. The number of nitrogens with zero attached hydrogens (tertiary/aromatic N) is 2. The molecule has 1 unspecified atom stereocenters. The summed E-state index contributed by atoms with van der Waals surface area (Å²) in [5.41, 5.74) is 0.864. The summed E-state index contributed by atoms with van der Waals surface area (Å²) in [6, 6.07) is 14.3. The van der Waals surface area contributed by atoms with E-state index in [1.54, 1.807) is 18.2 Å². The quantitative estimate of drug-likeness (QED) is 0.343. The van der Waals surface area contributed by atoms with Crippen molar-refractivity contribution in [3.05, 3.63) is 65.5 Å².